The third kappa shape index (κ3) is 4.96. The number of piperazine rings is 1. The molecule has 0 bridgehead atoms. The molecule has 4 nitrogen and oxygen atoms in total. The second-order valence-corrected chi connectivity index (χ2v) is 6.70. The van der Waals surface area contributed by atoms with Crippen LogP contribution in [0.3, 0.4) is 0 Å². The molecular weight excluding hydrogens is 331 g/mol. The fourth-order valence-electron chi connectivity index (χ4n) is 3.28. The van der Waals surface area contributed by atoms with Crippen LogP contribution in [0.5, 0.6) is 5.75 Å². The molecule has 0 saturated carbocycles. The average molecular weight is 358 g/mol. The average Bonchev–Trinajstić information content (AvgIpc) is 2.68. The molecule has 1 atom stereocenters. The highest BCUT2D eigenvalue weighted by molar-refractivity contribution is 5.48. The predicted molar refractivity (Wildman–Crippen MR) is 102 cm³/mol. The number of benzene rings is 2. The van der Waals surface area contributed by atoms with E-state index >= 15 is 0 Å². The summed E-state index contributed by atoms with van der Waals surface area (Å²) < 4.78 is 19.6. The van der Waals surface area contributed by atoms with E-state index in [0.29, 0.717) is 12.2 Å². The second-order valence-electron chi connectivity index (χ2n) is 6.70. The lowest BCUT2D eigenvalue weighted by atomic mass is 10.2. The third-order valence-corrected chi connectivity index (χ3v) is 4.78. The Kier molecular flexibility index (Phi) is 6.47. The number of β-amino-alcohol motifs (C(OH)–C–C–N with tert-alkyl or cyclic N) is 1. The van der Waals surface area contributed by atoms with Crippen molar-refractivity contribution in [2.45, 2.75) is 19.4 Å². The lowest BCUT2D eigenvalue weighted by Crippen LogP contribution is -2.49. The van der Waals surface area contributed by atoms with Crippen molar-refractivity contribution < 1.29 is 14.2 Å². The van der Waals surface area contributed by atoms with E-state index in [2.05, 4.69) is 22.8 Å². The summed E-state index contributed by atoms with van der Waals surface area (Å²) >= 11 is 0. The fourth-order valence-corrected chi connectivity index (χ4v) is 3.28. The van der Waals surface area contributed by atoms with Crippen molar-refractivity contribution in [3.8, 4) is 5.75 Å². The zero-order valence-corrected chi connectivity index (χ0v) is 15.3. The molecule has 1 N–H and O–H groups in total. The fraction of sp³-hybridized carbons (Fsp3) is 0.429. The number of nitrogens with zero attached hydrogens (tertiary/aromatic N) is 2. The summed E-state index contributed by atoms with van der Waals surface area (Å²) in [4.78, 5) is 4.26. The Morgan fingerprint density at radius 1 is 1.08 bits per heavy atom. The maximum absolute atomic E-state index is 13.9. The van der Waals surface area contributed by atoms with Gasteiger partial charge in [-0.15, -0.1) is 0 Å². The van der Waals surface area contributed by atoms with Gasteiger partial charge in [0.05, 0.1) is 5.69 Å². The molecule has 2 aromatic carbocycles. The molecule has 0 aromatic heterocycles. The summed E-state index contributed by atoms with van der Waals surface area (Å²) in [5, 5.41) is 10.3. The largest absolute Gasteiger partial charge is 0.491 e. The Labute approximate surface area is 154 Å². The van der Waals surface area contributed by atoms with E-state index in [1.165, 1.54) is 11.6 Å². The van der Waals surface area contributed by atoms with Gasteiger partial charge in [0, 0.05) is 32.7 Å². The van der Waals surface area contributed by atoms with Gasteiger partial charge in [0.1, 0.15) is 24.3 Å². The lowest BCUT2D eigenvalue weighted by Gasteiger charge is -2.36. The van der Waals surface area contributed by atoms with Crippen LogP contribution in [0.2, 0.25) is 0 Å². The van der Waals surface area contributed by atoms with Crippen LogP contribution in [0.4, 0.5) is 10.1 Å². The van der Waals surface area contributed by atoms with Crippen LogP contribution in [0.1, 0.15) is 12.5 Å². The van der Waals surface area contributed by atoms with Crippen LogP contribution in [-0.2, 0) is 6.42 Å². The van der Waals surface area contributed by atoms with E-state index < -0.39 is 6.10 Å². The highest BCUT2D eigenvalue weighted by atomic mass is 19.1. The Morgan fingerprint density at radius 3 is 2.58 bits per heavy atom. The number of aliphatic hydroxyl groups excluding tert-OH is 1. The summed E-state index contributed by atoms with van der Waals surface area (Å²) in [6.07, 6.45) is 0.423. The molecule has 0 amide bonds. The molecule has 26 heavy (non-hydrogen) atoms. The minimum absolute atomic E-state index is 0.177. The van der Waals surface area contributed by atoms with Gasteiger partial charge in [-0.25, -0.2) is 4.39 Å². The van der Waals surface area contributed by atoms with Gasteiger partial charge in [0.2, 0.25) is 0 Å². The first-order valence-electron chi connectivity index (χ1n) is 9.27. The van der Waals surface area contributed by atoms with Gasteiger partial charge >= 0.3 is 0 Å². The summed E-state index contributed by atoms with van der Waals surface area (Å²) in [5.74, 6) is 0.622. The van der Waals surface area contributed by atoms with Crippen molar-refractivity contribution in [1.82, 2.24) is 4.90 Å². The summed E-state index contributed by atoms with van der Waals surface area (Å²) in [7, 11) is 0. The van der Waals surface area contributed by atoms with E-state index in [9.17, 15) is 9.50 Å². The highest BCUT2D eigenvalue weighted by Gasteiger charge is 2.21. The number of hydrogen-bond donors (Lipinski definition) is 1. The van der Waals surface area contributed by atoms with Crippen LogP contribution in [0.25, 0.3) is 0 Å². The van der Waals surface area contributed by atoms with E-state index in [1.54, 1.807) is 6.07 Å². The number of aryl methyl sites for hydroxylation is 1. The van der Waals surface area contributed by atoms with Gasteiger partial charge in [-0.2, -0.15) is 0 Å². The zero-order chi connectivity index (χ0) is 18.4. The van der Waals surface area contributed by atoms with Gasteiger partial charge in [-0.3, -0.25) is 4.90 Å². The number of hydrogen-bond acceptors (Lipinski definition) is 4. The minimum Gasteiger partial charge on any atom is -0.491 e. The Balaban J connectivity index is 1.43. The molecule has 0 aliphatic carbocycles. The smallest absolute Gasteiger partial charge is 0.146 e. The molecule has 140 valence electrons. The Bertz CT molecular complexity index is 702. The van der Waals surface area contributed by atoms with Crippen molar-refractivity contribution in [2.24, 2.45) is 0 Å². The van der Waals surface area contributed by atoms with E-state index in [-0.39, 0.29) is 12.4 Å². The normalized spacial score (nSPS) is 16.5. The molecule has 5 heteroatoms. The number of anilines is 1. The maximum atomic E-state index is 13.9. The predicted octanol–water partition coefficient (Wildman–Crippen LogP) is 2.95. The topological polar surface area (TPSA) is 35.9 Å². The van der Waals surface area contributed by atoms with E-state index in [1.807, 2.05) is 30.3 Å². The van der Waals surface area contributed by atoms with Crippen molar-refractivity contribution >= 4 is 5.69 Å². The number of halogens is 1. The number of para-hydroxylation sites is 1. The zero-order valence-electron chi connectivity index (χ0n) is 15.3. The molecule has 3 rings (SSSR count). The molecule has 1 aliphatic heterocycles. The van der Waals surface area contributed by atoms with Gasteiger partial charge in [0.15, 0.2) is 0 Å². The molecule has 0 radical (unpaired) electrons. The molecular formula is C21H27FN2O2. The molecule has 0 unspecified atom stereocenters. The SMILES string of the molecule is CCc1cccc(OC[C@H](O)CN2CCN(c3ccccc3F)CC2)c1. The van der Waals surface area contributed by atoms with Gasteiger partial charge in [0.25, 0.3) is 0 Å². The quantitative estimate of drug-likeness (QED) is 0.826. The van der Waals surface area contributed by atoms with Crippen molar-refractivity contribution in [3.63, 3.8) is 0 Å². The van der Waals surface area contributed by atoms with Crippen LogP contribution in [-0.4, -0.2) is 55.4 Å². The van der Waals surface area contributed by atoms with E-state index in [4.69, 9.17) is 4.74 Å². The first-order valence-corrected chi connectivity index (χ1v) is 9.27. The van der Waals surface area contributed by atoms with Gasteiger partial charge in [-0.05, 0) is 36.2 Å². The summed E-state index contributed by atoms with van der Waals surface area (Å²) in [6, 6.07) is 14.9. The third-order valence-electron chi connectivity index (χ3n) is 4.78. The summed E-state index contributed by atoms with van der Waals surface area (Å²) in [6.45, 7) is 6.07. The standard InChI is InChI=1S/C21H27FN2O2/c1-2-17-6-5-7-19(14-17)26-16-18(25)15-23-10-12-24(13-11-23)21-9-4-3-8-20(21)22/h3-9,14,18,25H,2,10-13,15-16H2,1H3/t18-/m1/s1. The van der Waals surface area contributed by atoms with Crippen LogP contribution >= 0.6 is 0 Å². The Hall–Kier alpha value is -2.11. The second kappa shape index (κ2) is 9.01. The number of ether oxygens (including phenoxy) is 1. The molecule has 1 saturated heterocycles. The molecule has 0 spiro atoms. The van der Waals surface area contributed by atoms with Crippen molar-refractivity contribution in [3.05, 3.63) is 59.9 Å². The first kappa shape index (κ1) is 18.7. The Morgan fingerprint density at radius 2 is 1.85 bits per heavy atom. The molecule has 1 fully saturated rings. The monoisotopic (exact) mass is 358 g/mol. The highest BCUT2D eigenvalue weighted by Crippen LogP contribution is 2.20. The van der Waals surface area contributed by atoms with Gasteiger partial charge in [-0.1, -0.05) is 31.2 Å². The summed E-state index contributed by atoms with van der Waals surface area (Å²) in [5.41, 5.74) is 1.88. The molecule has 2 aromatic rings. The van der Waals surface area contributed by atoms with Gasteiger partial charge < -0.3 is 14.7 Å². The number of aliphatic hydroxyl groups is 1. The lowest BCUT2D eigenvalue weighted by molar-refractivity contribution is 0.0662. The number of rotatable bonds is 7. The molecule has 1 aliphatic rings. The maximum Gasteiger partial charge on any atom is 0.146 e. The van der Waals surface area contributed by atoms with Crippen molar-refractivity contribution in [1.29, 1.82) is 0 Å². The van der Waals surface area contributed by atoms with Crippen LogP contribution in [0, 0.1) is 5.82 Å². The van der Waals surface area contributed by atoms with Crippen LogP contribution in [0.15, 0.2) is 48.5 Å². The van der Waals surface area contributed by atoms with Crippen molar-refractivity contribution in [2.75, 3.05) is 44.2 Å². The molecule has 1 heterocycles. The van der Waals surface area contributed by atoms with Crippen LogP contribution < -0.4 is 9.64 Å². The first-order chi connectivity index (χ1) is 12.7. The van der Waals surface area contributed by atoms with E-state index in [0.717, 1.165) is 38.3 Å². The minimum atomic E-state index is -0.541.